The largest absolute Gasteiger partial charge is 0.388 e. The molecular formula is C23H23N3O3S. The number of hydrogen-bond acceptors (Lipinski definition) is 5. The molecule has 1 fully saturated rings. The minimum absolute atomic E-state index is 0.0972. The number of aromatic nitrogens is 1. The lowest BCUT2D eigenvalue weighted by Crippen LogP contribution is -2.62. The van der Waals surface area contributed by atoms with Gasteiger partial charge in [-0.05, 0) is 41.1 Å². The summed E-state index contributed by atoms with van der Waals surface area (Å²) in [5.74, 6) is -0.276. The van der Waals surface area contributed by atoms with Crippen molar-refractivity contribution < 1.29 is 14.7 Å². The molecule has 0 unspecified atom stereocenters. The number of piperidine rings is 1. The smallest absolute Gasteiger partial charge is 0.254 e. The van der Waals surface area contributed by atoms with Gasteiger partial charge >= 0.3 is 0 Å². The second kappa shape index (κ2) is 8.77. The number of β-amino-alcohol motifs (C(OH)–C–C–N with tert-alkyl or cyclic N) is 1. The normalized spacial score (nSPS) is 21.2. The van der Waals surface area contributed by atoms with Crippen molar-refractivity contribution in [1.29, 1.82) is 0 Å². The van der Waals surface area contributed by atoms with Crippen LogP contribution in [0.25, 0.3) is 0 Å². The van der Waals surface area contributed by atoms with Crippen molar-refractivity contribution in [2.75, 3.05) is 13.1 Å². The summed E-state index contributed by atoms with van der Waals surface area (Å²) < 4.78 is 0. The van der Waals surface area contributed by atoms with Gasteiger partial charge in [0, 0.05) is 30.9 Å². The molecule has 7 heteroatoms. The van der Waals surface area contributed by atoms with Gasteiger partial charge in [0.05, 0.1) is 23.6 Å². The van der Waals surface area contributed by atoms with E-state index in [1.165, 1.54) is 11.3 Å². The van der Waals surface area contributed by atoms with Gasteiger partial charge in [0.2, 0.25) is 5.91 Å². The Kier molecular flexibility index (Phi) is 5.92. The van der Waals surface area contributed by atoms with E-state index in [9.17, 15) is 14.7 Å². The van der Waals surface area contributed by atoms with Crippen LogP contribution in [0.15, 0.2) is 71.7 Å². The first-order chi connectivity index (χ1) is 14.6. The lowest BCUT2D eigenvalue weighted by Gasteiger charge is -2.46. The first-order valence-corrected chi connectivity index (χ1v) is 10.8. The zero-order chi connectivity index (χ0) is 21.0. The molecule has 1 aromatic carbocycles. The fourth-order valence-corrected chi connectivity index (χ4v) is 4.59. The monoisotopic (exact) mass is 421 g/mol. The molecular weight excluding hydrogens is 398 g/mol. The number of aliphatic hydroxyl groups excluding tert-OH is 1. The van der Waals surface area contributed by atoms with Gasteiger partial charge in [-0.3, -0.25) is 14.6 Å². The number of amides is 2. The number of rotatable bonds is 5. The van der Waals surface area contributed by atoms with E-state index in [-0.39, 0.29) is 24.8 Å². The standard InChI is InChI=1S/C23H23N3O3S/c27-20-15-26(22(29)18-8-13-30-16-18)12-9-23(20,19-4-2-1-3-5-19)25-21(28)14-17-6-10-24-11-7-17/h1-8,10-11,13,16,20,27H,9,12,14-15H2,(H,25,28)/t20-,23-/m1/s1. The molecule has 1 aliphatic rings. The summed E-state index contributed by atoms with van der Waals surface area (Å²) in [6.45, 7) is 0.593. The second-order valence-electron chi connectivity index (χ2n) is 7.45. The van der Waals surface area contributed by atoms with Crippen LogP contribution in [0.2, 0.25) is 0 Å². The third-order valence-corrected chi connectivity index (χ3v) is 6.24. The average Bonchev–Trinajstić information content (AvgIpc) is 3.31. The maximum absolute atomic E-state index is 12.9. The molecule has 154 valence electrons. The van der Waals surface area contributed by atoms with Crippen molar-refractivity contribution in [3.63, 3.8) is 0 Å². The number of aliphatic hydroxyl groups is 1. The first kappa shape index (κ1) is 20.3. The summed E-state index contributed by atoms with van der Waals surface area (Å²) in [4.78, 5) is 31.3. The molecule has 2 atom stereocenters. The van der Waals surface area contributed by atoms with Gasteiger partial charge in [0.25, 0.3) is 5.91 Å². The number of carbonyl (C=O) groups is 2. The maximum Gasteiger partial charge on any atom is 0.254 e. The Bertz CT molecular complexity index is 995. The molecule has 1 saturated heterocycles. The van der Waals surface area contributed by atoms with E-state index in [0.717, 1.165) is 11.1 Å². The Morgan fingerprint density at radius 2 is 1.93 bits per heavy atom. The molecule has 30 heavy (non-hydrogen) atoms. The van der Waals surface area contributed by atoms with Gasteiger partial charge in [0.15, 0.2) is 0 Å². The molecule has 2 amide bonds. The van der Waals surface area contributed by atoms with Crippen molar-refractivity contribution in [3.8, 4) is 0 Å². The minimum atomic E-state index is -0.948. The van der Waals surface area contributed by atoms with Crippen LogP contribution in [0.1, 0.15) is 27.9 Å². The fraction of sp³-hybridized carbons (Fsp3) is 0.261. The zero-order valence-electron chi connectivity index (χ0n) is 16.4. The number of hydrogen-bond donors (Lipinski definition) is 2. The molecule has 3 heterocycles. The van der Waals surface area contributed by atoms with E-state index < -0.39 is 11.6 Å². The molecule has 1 aliphatic heterocycles. The van der Waals surface area contributed by atoms with Gasteiger partial charge in [0.1, 0.15) is 0 Å². The van der Waals surface area contributed by atoms with Crippen molar-refractivity contribution in [3.05, 3.63) is 88.4 Å². The zero-order valence-corrected chi connectivity index (χ0v) is 17.2. The van der Waals surface area contributed by atoms with Crippen LogP contribution in [0, 0.1) is 0 Å². The van der Waals surface area contributed by atoms with Crippen LogP contribution < -0.4 is 5.32 Å². The predicted octanol–water partition coefficient (Wildman–Crippen LogP) is 2.60. The molecule has 6 nitrogen and oxygen atoms in total. The van der Waals surface area contributed by atoms with Crippen LogP contribution in [0.3, 0.4) is 0 Å². The highest BCUT2D eigenvalue weighted by Gasteiger charge is 2.45. The second-order valence-corrected chi connectivity index (χ2v) is 8.23. The van der Waals surface area contributed by atoms with E-state index in [4.69, 9.17) is 0 Å². The Hall–Kier alpha value is -3.03. The number of nitrogens with one attached hydrogen (secondary N) is 1. The molecule has 4 rings (SSSR count). The molecule has 2 N–H and O–H groups in total. The van der Waals surface area contributed by atoms with Gasteiger partial charge in [-0.2, -0.15) is 11.3 Å². The minimum Gasteiger partial charge on any atom is -0.388 e. The third kappa shape index (κ3) is 4.13. The van der Waals surface area contributed by atoms with Crippen LogP contribution in [0.4, 0.5) is 0 Å². The predicted molar refractivity (Wildman–Crippen MR) is 115 cm³/mol. The Labute approximate surface area is 179 Å². The average molecular weight is 422 g/mol. The summed E-state index contributed by atoms with van der Waals surface area (Å²) in [6, 6.07) is 14.9. The van der Waals surface area contributed by atoms with Crippen LogP contribution in [0.5, 0.6) is 0 Å². The van der Waals surface area contributed by atoms with Crippen LogP contribution in [-0.4, -0.2) is 46.0 Å². The van der Waals surface area contributed by atoms with Crippen molar-refractivity contribution >= 4 is 23.2 Å². The van der Waals surface area contributed by atoms with E-state index in [1.54, 1.807) is 35.5 Å². The summed E-state index contributed by atoms with van der Waals surface area (Å²) in [6.07, 6.45) is 2.99. The van der Waals surface area contributed by atoms with Crippen molar-refractivity contribution in [1.82, 2.24) is 15.2 Å². The number of thiophene rings is 1. The number of nitrogens with zero attached hydrogens (tertiary/aromatic N) is 2. The lowest BCUT2D eigenvalue weighted by molar-refractivity contribution is -0.126. The summed E-state index contributed by atoms with van der Waals surface area (Å²) in [7, 11) is 0. The Morgan fingerprint density at radius 3 is 2.60 bits per heavy atom. The topological polar surface area (TPSA) is 82.5 Å². The van der Waals surface area contributed by atoms with E-state index in [1.807, 2.05) is 41.1 Å². The van der Waals surface area contributed by atoms with Gasteiger partial charge < -0.3 is 15.3 Å². The van der Waals surface area contributed by atoms with E-state index in [0.29, 0.717) is 18.5 Å². The van der Waals surface area contributed by atoms with Gasteiger partial charge in [-0.15, -0.1) is 0 Å². The highest BCUT2D eigenvalue weighted by atomic mass is 32.1. The molecule has 2 aromatic heterocycles. The first-order valence-electron chi connectivity index (χ1n) is 9.83. The molecule has 0 radical (unpaired) electrons. The molecule has 0 bridgehead atoms. The number of pyridine rings is 1. The number of carbonyl (C=O) groups excluding carboxylic acids is 2. The number of likely N-dealkylation sites (tertiary alicyclic amines) is 1. The fourth-order valence-electron chi connectivity index (χ4n) is 3.96. The molecule has 0 aliphatic carbocycles. The Morgan fingerprint density at radius 1 is 1.17 bits per heavy atom. The maximum atomic E-state index is 12.9. The summed E-state index contributed by atoms with van der Waals surface area (Å²) >= 11 is 1.47. The molecule has 0 saturated carbocycles. The SMILES string of the molecule is O=C(Cc1ccncc1)N[C@@]1(c2ccccc2)CCN(C(=O)c2ccsc2)C[C@H]1O. The highest BCUT2D eigenvalue weighted by Crippen LogP contribution is 2.34. The quantitative estimate of drug-likeness (QED) is 0.664. The summed E-state index contributed by atoms with van der Waals surface area (Å²) in [5, 5.41) is 18.0. The van der Waals surface area contributed by atoms with Gasteiger partial charge in [-0.1, -0.05) is 30.3 Å². The van der Waals surface area contributed by atoms with E-state index in [2.05, 4.69) is 10.3 Å². The van der Waals surface area contributed by atoms with E-state index >= 15 is 0 Å². The lowest BCUT2D eigenvalue weighted by atomic mass is 9.78. The van der Waals surface area contributed by atoms with Crippen molar-refractivity contribution in [2.24, 2.45) is 0 Å². The Balaban J connectivity index is 1.56. The van der Waals surface area contributed by atoms with Crippen molar-refractivity contribution in [2.45, 2.75) is 24.5 Å². The van der Waals surface area contributed by atoms with Gasteiger partial charge in [-0.25, -0.2) is 0 Å². The molecule has 0 spiro atoms. The summed E-state index contributed by atoms with van der Waals surface area (Å²) in [5.41, 5.74) is 1.37. The number of benzene rings is 1. The molecule has 3 aromatic rings. The van der Waals surface area contributed by atoms with Crippen LogP contribution in [-0.2, 0) is 16.8 Å². The third-order valence-electron chi connectivity index (χ3n) is 5.56. The van der Waals surface area contributed by atoms with Crippen LogP contribution >= 0.6 is 11.3 Å². The highest BCUT2D eigenvalue weighted by molar-refractivity contribution is 7.08.